The van der Waals surface area contributed by atoms with Gasteiger partial charge >= 0.3 is 5.88 Å². The Morgan fingerprint density at radius 2 is 2.12 bits per heavy atom. The molecule has 0 radical (unpaired) electrons. The second-order valence-electron chi connectivity index (χ2n) is 3.92. The van der Waals surface area contributed by atoms with Crippen LogP contribution >= 0.6 is 0 Å². The molecule has 0 atom stereocenters. The number of amides is 1. The van der Waals surface area contributed by atoms with E-state index in [4.69, 9.17) is 4.42 Å². The zero-order valence-electron chi connectivity index (χ0n) is 9.04. The molecule has 1 amide bonds. The molecule has 17 heavy (non-hydrogen) atoms. The minimum atomic E-state index is -0.684. The summed E-state index contributed by atoms with van der Waals surface area (Å²) < 4.78 is 4.83. The highest BCUT2D eigenvalue weighted by atomic mass is 16.6. The first-order valence-electron chi connectivity index (χ1n) is 5.29. The maximum absolute atomic E-state index is 11.9. The van der Waals surface area contributed by atoms with E-state index in [9.17, 15) is 20.0 Å². The third kappa shape index (κ3) is 2.44. The second kappa shape index (κ2) is 4.54. The van der Waals surface area contributed by atoms with Crippen molar-refractivity contribution in [2.45, 2.75) is 18.9 Å². The number of nitrogens with zero attached hydrogens (tertiary/aromatic N) is 2. The first-order valence-corrected chi connectivity index (χ1v) is 5.29. The number of nitro groups is 1. The van der Waals surface area contributed by atoms with Crippen molar-refractivity contribution in [1.82, 2.24) is 4.90 Å². The van der Waals surface area contributed by atoms with Gasteiger partial charge in [0, 0.05) is 13.1 Å². The lowest BCUT2D eigenvalue weighted by atomic mass is 10.1. The maximum atomic E-state index is 11.9. The second-order valence-corrected chi connectivity index (χ2v) is 3.92. The van der Waals surface area contributed by atoms with Crippen molar-refractivity contribution >= 4 is 11.8 Å². The third-order valence-electron chi connectivity index (χ3n) is 2.73. The van der Waals surface area contributed by atoms with Gasteiger partial charge in [-0.05, 0) is 18.9 Å². The molecular formula is C10H12N2O5. The lowest BCUT2D eigenvalue weighted by Crippen LogP contribution is -2.39. The van der Waals surface area contributed by atoms with Gasteiger partial charge in [0.1, 0.15) is 4.92 Å². The fourth-order valence-corrected chi connectivity index (χ4v) is 1.77. The molecule has 1 saturated heterocycles. The number of hydrogen-bond acceptors (Lipinski definition) is 5. The molecule has 1 aliphatic heterocycles. The van der Waals surface area contributed by atoms with Gasteiger partial charge in [-0.15, -0.1) is 0 Å². The van der Waals surface area contributed by atoms with E-state index in [1.165, 1.54) is 11.0 Å². The van der Waals surface area contributed by atoms with E-state index < -0.39 is 10.8 Å². The smallest absolute Gasteiger partial charge is 0.395 e. The molecule has 1 aliphatic rings. The highest BCUT2D eigenvalue weighted by Crippen LogP contribution is 2.19. The molecule has 0 unspecified atom stereocenters. The number of aliphatic hydroxyl groups excluding tert-OH is 1. The third-order valence-corrected chi connectivity index (χ3v) is 2.73. The van der Waals surface area contributed by atoms with Gasteiger partial charge in [0.25, 0.3) is 5.91 Å². The molecule has 0 aliphatic carbocycles. The fourth-order valence-electron chi connectivity index (χ4n) is 1.77. The Morgan fingerprint density at radius 3 is 2.65 bits per heavy atom. The quantitative estimate of drug-likeness (QED) is 0.608. The summed E-state index contributed by atoms with van der Waals surface area (Å²) in [5.74, 6) is -0.844. The number of carbonyl (C=O) groups excluding carboxylic acids is 1. The lowest BCUT2D eigenvalue weighted by molar-refractivity contribution is -0.402. The van der Waals surface area contributed by atoms with Crippen LogP contribution in [-0.4, -0.2) is 40.0 Å². The first kappa shape index (κ1) is 11.6. The molecule has 92 valence electrons. The Kier molecular flexibility index (Phi) is 3.10. The Bertz CT molecular complexity index is 434. The Morgan fingerprint density at radius 1 is 1.47 bits per heavy atom. The van der Waals surface area contributed by atoms with E-state index in [0.717, 1.165) is 6.07 Å². The average molecular weight is 240 g/mol. The van der Waals surface area contributed by atoms with Gasteiger partial charge in [0.05, 0.1) is 12.2 Å². The fraction of sp³-hybridized carbons (Fsp3) is 0.500. The zero-order valence-corrected chi connectivity index (χ0v) is 9.04. The zero-order chi connectivity index (χ0) is 12.4. The molecule has 1 N–H and O–H groups in total. The van der Waals surface area contributed by atoms with Crippen molar-refractivity contribution < 1.29 is 19.2 Å². The number of carbonyl (C=O) groups is 1. The summed E-state index contributed by atoms with van der Waals surface area (Å²) in [5, 5.41) is 19.7. The molecule has 2 rings (SSSR count). The summed E-state index contributed by atoms with van der Waals surface area (Å²) in [4.78, 5) is 23.1. The van der Waals surface area contributed by atoms with Crippen LogP contribution in [0.25, 0.3) is 0 Å². The SMILES string of the molecule is O=C(c1ccc([N+](=O)[O-])o1)N1CCC(O)CC1. The van der Waals surface area contributed by atoms with E-state index >= 15 is 0 Å². The van der Waals surface area contributed by atoms with Crippen molar-refractivity contribution in [3.05, 3.63) is 28.0 Å². The number of furan rings is 1. The Hall–Kier alpha value is -1.89. The van der Waals surface area contributed by atoms with E-state index in [1.54, 1.807) is 0 Å². The minimum absolute atomic E-state index is 0.0342. The number of rotatable bonds is 2. The van der Waals surface area contributed by atoms with Crippen molar-refractivity contribution in [2.24, 2.45) is 0 Å². The number of aliphatic hydroxyl groups is 1. The van der Waals surface area contributed by atoms with Gasteiger partial charge in [-0.1, -0.05) is 0 Å². The van der Waals surface area contributed by atoms with Crippen LogP contribution < -0.4 is 0 Å². The van der Waals surface area contributed by atoms with Crippen molar-refractivity contribution in [3.63, 3.8) is 0 Å². The molecule has 0 saturated carbocycles. The predicted molar refractivity (Wildman–Crippen MR) is 56.5 cm³/mol. The van der Waals surface area contributed by atoms with Crippen LogP contribution in [0.4, 0.5) is 5.88 Å². The van der Waals surface area contributed by atoms with Crippen LogP contribution in [-0.2, 0) is 0 Å². The number of piperidine rings is 1. The number of likely N-dealkylation sites (tertiary alicyclic amines) is 1. The summed E-state index contributed by atoms with van der Waals surface area (Å²) in [7, 11) is 0. The summed E-state index contributed by atoms with van der Waals surface area (Å²) >= 11 is 0. The molecule has 0 bridgehead atoms. The number of hydrogen-bond donors (Lipinski definition) is 1. The highest BCUT2D eigenvalue weighted by molar-refractivity contribution is 5.91. The Labute approximate surface area is 96.8 Å². The molecule has 0 aromatic carbocycles. The van der Waals surface area contributed by atoms with E-state index in [0.29, 0.717) is 25.9 Å². The summed E-state index contributed by atoms with van der Waals surface area (Å²) in [6.45, 7) is 0.878. The van der Waals surface area contributed by atoms with Gasteiger partial charge in [-0.2, -0.15) is 0 Å². The van der Waals surface area contributed by atoms with Crippen molar-refractivity contribution in [3.8, 4) is 0 Å². The minimum Gasteiger partial charge on any atom is -0.395 e. The van der Waals surface area contributed by atoms with Crippen molar-refractivity contribution in [1.29, 1.82) is 0 Å². The van der Waals surface area contributed by atoms with Gasteiger partial charge in [-0.3, -0.25) is 14.9 Å². The van der Waals surface area contributed by atoms with Gasteiger partial charge in [0.2, 0.25) is 0 Å². The molecular weight excluding hydrogens is 228 g/mol. The predicted octanol–water partition coefficient (Wildman–Crippen LogP) is 0.785. The van der Waals surface area contributed by atoms with Crippen LogP contribution in [0.5, 0.6) is 0 Å². The molecule has 1 aromatic heterocycles. The summed E-state index contributed by atoms with van der Waals surface area (Å²) in [6, 6.07) is 2.46. The summed E-state index contributed by atoms with van der Waals surface area (Å²) in [5.41, 5.74) is 0. The van der Waals surface area contributed by atoms with E-state index in [2.05, 4.69) is 0 Å². The standard InChI is InChI=1S/C10H12N2O5/c13-7-3-5-11(6-4-7)10(14)8-1-2-9(17-8)12(15)16/h1-2,7,13H,3-6H2. The van der Waals surface area contributed by atoms with Crippen LogP contribution in [0.1, 0.15) is 23.4 Å². The maximum Gasteiger partial charge on any atom is 0.433 e. The largest absolute Gasteiger partial charge is 0.433 e. The Balaban J connectivity index is 2.06. The van der Waals surface area contributed by atoms with Gasteiger partial charge < -0.3 is 14.4 Å². The van der Waals surface area contributed by atoms with Crippen molar-refractivity contribution in [2.75, 3.05) is 13.1 Å². The monoisotopic (exact) mass is 240 g/mol. The van der Waals surface area contributed by atoms with E-state index in [-0.39, 0.29) is 17.8 Å². The molecule has 2 heterocycles. The summed E-state index contributed by atoms with van der Waals surface area (Å²) in [6.07, 6.45) is 0.674. The highest BCUT2D eigenvalue weighted by Gasteiger charge is 2.25. The van der Waals surface area contributed by atoms with E-state index in [1.807, 2.05) is 0 Å². The molecule has 1 fully saturated rings. The normalized spacial score (nSPS) is 17.1. The molecule has 7 heteroatoms. The van der Waals surface area contributed by atoms with Crippen LogP contribution in [0.2, 0.25) is 0 Å². The van der Waals surface area contributed by atoms with Crippen LogP contribution in [0.15, 0.2) is 16.5 Å². The lowest BCUT2D eigenvalue weighted by Gasteiger charge is -2.28. The molecule has 1 aromatic rings. The van der Waals surface area contributed by atoms with Crippen LogP contribution in [0, 0.1) is 10.1 Å². The molecule has 0 spiro atoms. The first-order chi connectivity index (χ1) is 8.08. The van der Waals surface area contributed by atoms with Gasteiger partial charge in [0.15, 0.2) is 5.76 Å². The topological polar surface area (TPSA) is 96.8 Å². The molecule has 7 nitrogen and oxygen atoms in total. The average Bonchev–Trinajstić information content (AvgIpc) is 2.78. The van der Waals surface area contributed by atoms with Gasteiger partial charge in [-0.25, -0.2) is 0 Å². The van der Waals surface area contributed by atoms with Crippen LogP contribution in [0.3, 0.4) is 0 Å².